The van der Waals surface area contributed by atoms with Crippen molar-refractivity contribution in [3.63, 3.8) is 0 Å². The molecule has 0 bridgehead atoms. The highest BCUT2D eigenvalue weighted by molar-refractivity contribution is 6.28. The van der Waals surface area contributed by atoms with Gasteiger partial charge in [-0.1, -0.05) is 13.8 Å². The van der Waals surface area contributed by atoms with Crippen LogP contribution in [-0.2, 0) is 9.59 Å². The highest BCUT2D eigenvalue weighted by atomic mass is 35.5. The molecular formula is C43H42ClF6N13O2. The van der Waals surface area contributed by atoms with Crippen LogP contribution >= 0.6 is 11.6 Å². The predicted octanol–water partition coefficient (Wildman–Crippen LogP) is 7.93. The van der Waals surface area contributed by atoms with E-state index in [4.69, 9.17) is 16.6 Å². The molecule has 6 aromatic rings. The Morgan fingerprint density at radius 3 is 1.75 bits per heavy atom. The first-order valence-corrected chi connectivity index (χ1v) is 21.0. The van der Waals surface area contributed by atoms with Gasteiger partial charge < -0.3 is 24.6 Å². The van der Waals surface area contributed by atoms with Crippen molar-refractivity contribution >= 4 is 46.4 Å². The molecule has 2 aliphatic heterocycles. The van der Waals surface area contributed by atoms with E-state index in [9.17, 15) is 35.9 Å². The van der Waals surface area contributed by atoms with E-state index in [0.29, 0.717) is 58.8 Å². The molecule has 2 saturated carbocycles. The van der Waals surface area contributed by atoms with E-state index >= 15 is 0 Å². The molecule has 10 rings (SSSR count). The quantitative estimate of drug-likeness (QED) is 0.123. The molecule has 15 nitrogen and oxygen atoms in total. The molecule has 0 unspecified atom stereocenters. The Labute approximate surface area is 373 Å². The smallest absolute Gasteiger partial charge is 0.252 e. The lowest BCUT2D eigenvalue weighted by atomic mass is 9.85. The van der Waals surface area contributed by atoms with Gasteiger partial charge in [0, 0.05) is 82.2 Å². The van der Waals surface area contributed by atoms with Gasteiger partial charge in [-0.25, -0.2) is 51.3 Å². The van der Waals surface area contributed by atoms with Crippen LogP contribution in [-0.4, -0.2) is 106 Å². The molecule has 22 heteroatoms. The zero-order valence-corrected chi connectivity index (χ0v) is 36.1. The van der Waals surface area contributed by atoms with E-state index in [1.165, 1.54) is 40.4 Å². The van der Waals surface area contributed by atoms with E-state index in [1.54, 1.807) is 71.4 Å². The van der Waals surface area contributed by atoms with Crippen molar-refractivity contribution in [2.24, 2.45) is 0 Å². The van der Waals surface area contributed by atoms with Crippen LogP contribution in [0.5, 0.6) is 0 Å². The minimum absolute atomic E-state index is 0.0439. The van der Waals surface area contributed by atoms with Gasteiger partial charge in [0.25, 0.3) is 11.8 Å². The van der Waals surface area contributed by atoms with Crippen molar-refractivity contribution in [2.45, 2.75) is 88.4 Å². The van der Waals surface area contributed by atoms with E-state index in [-0.39, 0.29) is 60.4 Å². The number of imidazole rings is 2. The van der Waals surface area contributed by atoms with Crippen LogP contribution in [0.25, 0.3) is 28.9 Å². The first kappa shape index (κ1) is 44.9. The third-order valence-electron chi connectivity index (χ3n) is 11.7. The molecule has 0 radical (unpaired) electrons. The number of benzene rings is 1. The Kier molecular flexibility index (Phi) is 12.3. The number of halogens is 7. The van der Waals surface area contributed by atoms with E-state index in [1.807, 2.05) is 13.8 Å². The zero-order valence-electron chi connectivity index (χ0n) is 35.4. The second-order valence-corrected chi connectivity index (χ2v) is 16.3. The number of fused-ring (bicyclic) bond motifs is 2. The van der Waals surface area contributed by atoms with Crippen molar-refractivity contribution in [1.29, 1.82) is 0 Å². The Balaban J connectivity index is 0.000000149. The van der Waals surface area contributed by atoms with Crippen LogP contribution < -0.4 is 19.6 Å². The summed E-state index contributed by atoms with van der Waals surface area (Å²) < 4.78 is 81.3. The zero-order chi connectivity index (χ0) is 46.4. The van der Waals surface area contributed by atoms with Crippen LogP contribution in [0.1, 0.15) is 52.4 Å². The average molecular weight is 922 g/mol. The van der Waals surface area contributed by atoms with Crippen molar-refractivity contribution in [3.8, 4) is 28.9 Å². The van der Waals surface area contributed by atoms with E-state index < -0.39 is 36.0 Å². The molecule has 2 atom stereocenters. The molecule has 4 aliphatic rings. The molecule has 7 heterocycles. The molecule has 1 aromatic carbocycles. The Morgan fingerprint density at radius 1 is 0.692 bits per heavy atom. The van der Waals surface area contributed by atoms with Crippen LogP contribution in [0.15, 0.2) is 79.8 Å². The summed E-state index contributed by atoms with van der Waals surface area (Å²) in [6.07, 6.45) is 10.6. The average Bonchev–Trinajstić information content (AvgIpc) is 3.99. The van der Waals surface area contributed by atoms with Gasteiger partial charge >= 0.3 is 0 Å². The van der Waals surface area contributed by atoms with E-state index in [0.717, 1.165) is 6.20 Å². The normalized spacial score (nSPS) is 19.9. The first-order valence-electron chi connectivity index (χ1n) is 20.7. The predicted molar refractivity (Wildman–Crippen MR) is 229 cm³/mol. The van der Waals surface area contributed by atoms with Gasteiger partial charge in [0.1, 0.15) is 46.6 Å². The number of amides is 2. The molecule has 1 N–H and O–H groups in total. The number of nitrogens with zero attached hydrogens (tertiary/aromatic N) is 12. The highest BCUT2D eigenvalue weighted by Gasteiger charge is 2.54. The highest BCUT2D eigenvalue weighted by Crippen LogP contribution is 2.48. The van der Waals surface area contributed by atoms with Crippen molar-refractivity contribution in [3.05, 3.63) is 96.7 Å². The molecule has 0 saturated heterocycles. The number of rotatable bonds is 7. The number of alkyl halides is 4. The van der Waals surface area contributed by atoms with Crippen LogP contribution in [0, 0.1) is 11.6 Å². The fourth-order valence-corrected chi connectivity index (χ4v) is 8.47. The number of H-pyrrole nitrogens is 1. The maximum atomic E-state index is 13.7. The van der Waals surface area contributed by atoms with Gasteiger partial charge in [0.2, 0.25) is 23.0 Å². The van der Waals surface area contributed by atoms with Gasteiger partial charge in [-0.05, 0) is 60.8 Å². The maximum Gasteiger partial charge on any atom is 0.252 e. The number of hydrogen-bond donors (Lipinski definition) is 1. The second-order valence-electron chi connectivity index (χ2n) is 15.9. The van der Waals surface area contributed by atoms with Crippen LogP contribution in [0.3, 0.4) is 0 Å². The van der Waals surface area contributed by atoms with Gasteiger partial charge in [-0.2, -0.15) is 9.97 Å². The summed E-state index contributed by atoms with van der Waals surface area (Å²) in [5, 5.41) is 0.0439. The standard InChI is InChI=1S/C22H21F3N6O.C13H15ClF2N4O.C8H6FN3/c1-3-16-20(32)29(2)17-12-27-21(28-19(17)31(16)15-10-22(24,25)11-15)30-9-8-26-18(30)13-4-6-14(23)7-5-13;1-3-8-11(21)19(2)9-6-17-12(14)18-10(9)20(8)7-4-13(15,16)5-7;9-6-1-2-7(12-5-6)8-10-3-4-11-8/h4-9,12,15-16H,3,10-11H2,1-2H3;6-8H,3-5H2,1-2H3;1-5H,(H,10,11)/t16-;8-;/m11./s1. The lowest BCUT2D eigenvalue weighted by Gasteiger charge is -2.49. The number of anilines is 4. The summed E-state index contributed by atoms with van der Waals surface area (Å²) in [5.74, 6) is -4.03. The number of likely N-dealkylation sites (N-methyl/N-ethyl adjacent to an activating group) is 2. The molecular weight excluding hydrogens is 880 g/mol. The summed E-state index contributed by atoms with van der Waals surface area (Å²) in [7, 11) is 3.27. The third kappa shape index (κ3) is 8.92. The molecule has 340 valence electrons. The summed E-state index contributed by atoms with van der Waals surface area (Å²) in [5.41, 5.74) is 2.29. The van der Waals surface area contributed by atoms with Crippen LogP contribution in [0.2, 0.25) is 5.28 Å². The van der Waals surface area contributed by atoms with Gasteiger partial charge in [-0.15, -0.1) is 0 Å². The number of aromatic nitrogens is 9. The Hall–Kier alpha value is -6.64. The molecule has 2 aliphatic carbocycles. The number of hydrogen-bond acceptors (Lipinski definition) is 11. The molecule has 0 spiro atoms. The monoisotopic (exact) mass is 921 g/mol. The fourth-order valence-electron chi connectivity index (χ4n) is 8.34. The topological polar surface area (TPSA) is 158 Å². The molecule has 2 amide bonds. The number of carbonyl (C=O) groups excluding carboxylic acids is 2. The fraction of sp³-hybridized carbons (Fsp3) is 0.372. The lowest BCUT2D eigenvalue weighted by Crippen LogP contribution is -2.61. The maximum absolute atomic E-state index is 13.7. The molecule has 65 heavy (non-hydrogen) atoms. The SMILES string of the molecule is CC[C@@H]1C(=O)N(C)c2cnc(-n3ccnc3-c3ccc(F)cc3)nc2N1C1CC(F)(F)C1.CC[C@@H]1C(=O)N(C)c2cnc(Cl)nc2N1C1CC(F)(F)C1.Fc1ccc(-c2ncc[nH]2)nc1. The molecule has 5 aromatic heterocycles. The number of nitrogens with one attached hydrogen (secondary N) is 1. The largest absolute Gasteiger partial charge is 0.343 e. The summed E-state index contributed by atoms with van der Waals surface area (Å²) in [4.78, 5) is 63.9. The Bertz CT molecular complexity index is 2660. The molecule has 2 fully saturated rings. The van der Waals surface area contributed by atoms with Crippen molar-refractivity contribution < 1.29 is 35.9 Å². The van der Waals surface area contributed by atoms with Gasteiger partial charge in [-0.3, -0.25) is 14.2 Å². The first-order chi connectivity index (χ1) is 31.0. The summed E-state index contributed by atoms with van der Waals surface area (Å²) in [6, 6.07) is 6.88. The summed E-state index contributed by atoms with van der Waals surface area (Å²) >= 11 is 5.84. The van der Waals surface area contributed by atoms with Gasteiger partial charge in [0.05, 0.1) is 18.6 Å². The van der Waals surface area contributed by atoms with Crippen molar-refractivity contribution in [2.75, 3.05) is 33.7 Å². The summed E-state index contributed by atoms with van der Waals surface area (Å²) in [6.45, 7) is 3.71. The third-order valence-corrected chi connectivity index (χ3v) is 11.9. The van der Waals surface area contributed by atoms with Crippen LogP contribution in [0.4, 0.5) is 49.4 Å². The second kappa shape index (κ2) is 17.7. The lowest BCUT2D eigenvalue weighted by molar-refractivity contribution is -0.122. The minimum Gasteiger partial charge on any atom is -0.343 e. The minimum atomic E-state index is -2.73. The van der Waals surface area contributed by atoms with E-state index in [2.05, 4.69) is 34.9 Å². The number of carbonyl (C=O) groups is 2. The Morgan fingerprint density at radius 2 is 1.25 bits per heavy atom. The van der Waals surface area contributed by atoms with Crippen molar-refractivity contribution in [1.82, 2.24) is 44.4 Å². The number of aromatic amines is 1. The van der Waals surface area contributed by atoms with Gasteiger partial charge in [0.15, 0.2) is 17.5 Å². The number of pyridine rings is 1.